The maximum Gasteiger partial charge on any atom is 0.218 e. The summed E-state index contributed by atoms with van der Waals surface area (Å²) in [6.07, 6.45) is 0. The van der Waals surface area contributed by atoms with Crippen LogP contribution in [0.15, 0.2) is 40.8 Å². The number of hydrogen-bond acceptors (Lipinski definition) is 4. The number of piperazine rings is 1. The Morgan fingerprint density at radius 3 is 2.29 bits per heavy atom. The highest BCUT2D eigenvalue weighted by Gasteiger charge is 2.27. The molecular formula is C17H21ClN2O3S. The predicted molar refractivity (Wildman–Crippen MR) is 94.4 cm³/mol. The van der Waals surface area contributed by atoms with Gasteiger partial charge in [0.2, 0.25) is 10.0 Å². The van der Waals surface area contributed by atoms with E-state index in [0.717, 1.165) is 23.6 Å². The molecule has 5 nitrogen and oxygen atoms in total. The van der Waals surface area contributed by atoms with Gasteiger partial charge in [-0.15, -0.1) is 0 Å². The molecule has 0 aliphatic carbocycles. The minimum Gasteiger partial charge on any atom is -0.465 e. The Bertz CT molecular complexity index is 778. The molecule has 1 aromatic heterocycles. The molecule has 1 aromatic carbocycles. The molecule has 1 aliphatic rings. The van der Waals surface area contributed by atoms with Crippen LogP contribution in [0.25, 0.3) is 0 Å². The molecule has 0 saturated carbocycles. The van der Waals surface area contributed by atoms with Crippen LogP contribution in [-0.2, 0) is 22.3 Å². The molecule has 2 heterocycles. The van der Waals surface area contributed by atoms with Crippen molar-refractivity contribution in [2.45, 2.75) is 19.2 Å². The van der Waals surface area contributed by atoms with Crippen molar-refractivity contribution in [1.29, 1.82) is 0 Å². The lowest BCUT2D eigenvalue weighted by Crippen LogP contribution is -2.48. The number of benzene rings is 1. The van der Waals surface area contributed by atoms with Crippen molar-refractivity contribution < 1.29 is 12.8 Å². The van der Waals surface area contributed by atoms with E-state index in [1.54, 1.807) is 28.6 Å². The Labute approximate surface area is 147 Å². The van der Waals surface area contributed by atoms with Crippen molar-refractivity contribution in [2.75, 3.05) is 26.2 Å². The zero-order valence-corrected chi connectivity index (χ0v) is 15.2. The number of furan rings is 1. The lowest BCUT2D eigenvalue weighted by molar-refractivity contribution is 0.170. The highest BCUT2D eigenvalue weighted by atomic mass is 35.5. The molecule has 1 aliphatic heterocycles. The molecule has 0 amide bonds. The van der Waals surface area contributed by atoms with E-state index in [4.69, 9.17) is 16.0 Å². The number of nitrogens with zero attached hydrogens (tertiary/aromatic N) is 2. The van der Waals surface area contributed by atoms with Crippen LogP contribution in [0.5, 0.6) is 0 Å². The highest BCUT2D eigenvalue weighted by Crippen LogP contribution is 2.17. The average Bonchev–Trinajstić information content (AvgIpc) is 2.95. The number of halogens is 1. The summed E-state index contributed by atoms with van der Waals surface area (Å²) in [5.41, 5.74) is 0.757. The van der Waals surface area contributed by atoms with Gasteiger partial charge in [-0.1, -0.05) is 23.7 Å². The molecule has 0 unspecified atom stereocenters. The normalized spacial score (nSPS) is 17.2. The SMILES string of the molecule is Cc1ccc(CN2CCN(S(=O)(=O)Cc3ccc(Cl)cc3)CC2)o1. The first-order chi connectivity index (χ1) is 11.4. The van der Waals surface area contributed by atoms with Gasteiger partial charge >= 0.3 is 0 Å². The number of hydrogen-bond donors (Lipinski definition) is 0. The van der Waals surface area contributed by atoms with Crippen molar-refractivity contribution in [3.63, 3.8) is 0 Å². The number of rotatable bonds is 5. The lowest BCUT2D eigenvalue weighted by atomic mass is 10.2. The van der Waals surface area contributed by atoms with Gasteiger partial charge in [-0.05, 0) is 36.8 Å². The standard InChI is InChI=1S/C17H21ClN2O3S/c1-14-2-7-17(23-14)12-19-8-10-20(11-9-19)24(21,22)13-15-3-5-16(18)6-4-15/h2-7H,8-13H2,1H3. The summed E-state index contributed by atoms with van der Waals surface area (Å²) in [5, 5.41) is 0.609. The van der Waals surface area contributed by atoms with Crippen molar-refractivity contribution in [3.8, 4) is 0 Å². The highest BCUT2D eigenvalue weighted by molar-refractivity contribution is 7.88. The third-order valence-electron chi connectivity index (χ3n) is 4.16. The third-order valence-corrected chi connectivity index (χ3v) is 6.26. The molecule has 2 aromatic rings. The van der Waals surface area contributed by atoms with Gasteiger partial charge in [0, 0.05) is 31.2 Å². The predicted octanol–water partition coefficient (Wildman–Crippen LogP) is 2.89. The second-order valence-electron chi connectivity index (χ2n) is 6.07. The molecule has 0 radical (unpaired) electrons. The van der Waals surface area contributed by atoms with Crippen LogP contribution in [0.4, 0.5) is 0 Å². The molecular weight excluding hydrogens is 348 g/mol. The van der Waals surface area contributed by atoms with Crippen LogP contribution in [0.2, 0.25) is 5.02 Å². The fourth-order valence-electron chi connectivity index (χ4n) is 2.84. The topological polar surface area (TPSA) is 53.8 Å². The van der Waals surface area contributed by atoms with Crippen molar-refractivity contribution in [2.24, 2.45) is 0 Å². The Morgan fingerprint density at radius 1 is 1.04 bits per heavy atom. The second kappa shape index (κ2) is 7.27. The van der Waals surface area contributed by atoms with E-state index in [2.05, 4.69) is 4.90 Å². The minimum absolute atomic E-state index is 0.0154. The Hall–Kier alpha value is -1.34. The maximum atomic E-state index is 12.6. The molecule has 0 atom stereocenters. The first kappa shape index (κ1) is 17.5. The molecule has 0 spiro atoms. The first-order valence-corrected chi connectivity index (χ1v) is 9.91. The maximum absolute atomic E-state index is 12.6. The van der Waals surface area contributed by atoms with E-state index in [1.165, 1.54) is 0 Å². The van der Waals surface area contributed by atoms with Gasteiger partial charge in [0.25, 0.3) is 0 Å². The van der Waals surface area contributed by atoms with E-state index in [-0.39, 0.29) is 5.75 Å². The summed E-state index contributed by atoms with van der Waals surface area (Å²) in [6, 6.07) is 10.9. The van der Waals surface area contributed by atoms with E-state index >= 15 is 0 Å². The number of sulfonamides is 1. The lowest BCUT2D eigenvalue weighted by Gasteiger charge is -2.33. The fourth-order valence-corrected chi connectivity index (χ4v) is 4.48. The molecule has 1 fully saturated rings. The largest absolute Gasteiger partial charge is 0.465 e. The van der Waals surface area contributed by atoms with Crippen LogP contribution in [-0.4, -0.2) is 43.8 Å². The van der Waals surface area contributed by atoms with Gasteiger partial charge in [0.05, 0.1) is 12.3 Å². The van der Waals surface area contributed by atoms with Crippen LogP contribution in [0.3, 0.4) is 0 Å². The van der Waals surface area contributed by atoms with Gasteiger partial charge in [-0.3, -0.25) is 4.90 Å². The van der Waals surface area contributed by atoms with Crippen LogP contribution in [0, 0.1) is 6.92 Å². The summed E-state index contributed by atoms with van der Waals surface area (Å²) in [5.74, 6) is 1.83. The third kappa shape index (κ3) is 4.39. The first-order valence-electron chi connectivity index (χ1n) is 7.92. The van der Waals surface area contributed by atoms with Crippen molar-refractivity contribution >= 4 is 21.6 Å². The Balaban J connectivity index is 1.56. The van der Waals surface area contributed by atoms with E-state index in [9.17, 15) is 8.42 Å². The molecule has 130 valence electrons. The van der Waals surface area contributed by atoms with Crippen molar-refractivity contribution in [3.05, 3.63) is 58.5 Å². The summed E-state index contributed by atoms with van der Waals surface area (Å²) >= 11 is 5.84. The van der Waals surface area contributed by atoms with Crippen LogP contribution in [0.1, 0.15) is 17.1 Å². The monoisotopic (exact) mass is 368 g/mol. The zero-order valence-electron chi connectivity index (χ0n) is 13.6. The van der Waals surface area contributed by atoms with Gasteiger partial charge in [-0.25, -0.2) is 8.42 Å². The number of aryl methyl sites for hydroxylation is 1. The van der Waals surface area contributed by atoms with Gasteiger partial charge < -0.3 is 4.42 Å². The van der Waals surface area contributed by atoms with Crippen molar-refractivity contribution in [1.82, 2.24) is 9.21 Å². The Kier molecular flexibility index (Phi) is 5.30. The van der Waals surface area contributed by atoms with Crippen LogP contribution < -0.4 is 0 Å². The fraction of sp³-hybridized carbons (Fsp3) is 0.412. The average molecular weight is 369 g/mol. The van der Waals surface area contributed by atoms with Gasteiger partial charge in [0.1, 0.15) is 11.5 Å². The molecule has 1 saturated heterocycles. The molecule has 0 N–H and O–H groups in total. The molecule has 0 bridgehead atoms. The minimum atomic E-state index is -3.30. The van der Waals surface area contributed by atoms with Gasteiger partial charge in [-0.2, -0.15) is 4.31 Å². The Morgan fingerprint density at radius 2 is 1.71 bits per heavy atom. The molecule has 7 heteroatoms. The van der Waals surface area contributed by atoms with E-state index in [0.29, 0.717) is 31.2 Å². The quantitative estimate of drug-likeness (QED) is 0.814. The van der Waals surface area contributed by atoms with E-state index in [1.807, 2.05) is 19.1 Å². The molecule has 24 heavy (non-hydrogen) atoms. The summed E-state index contributed by atoms with van der Waals surface area (Å²) in [6.45, 7) is 5.08. The summed E-state index contributed by atoms with van der Waals surface area (Å²) in [4.78, 5) is 2.21. The molecule has 3 rings (SSSR count). The van der Waals surface area contributed by atoms with E-state index < -0.39 is 10.0 Å². The van der Waals surface area contributed by atoms with Gasteiger partial charge in [0.15, 0.2) is 0 Å². The van der Waals surface area contributed by atoms with Crippen LogP contribution >= 0.6 is 11.6 Å². The second-order valence-corrected chi connectivity index (χ2v) is 8.48. The zero-order chi connectivity index (χ0) is 17.2. The smallest absolute Gasteiger partial charge is 0.218 e. The summed E-state index contributed by atoms with van der Waals surface area (Å²) in [7, 11) is -3.30. The summed E-state index contributed by atoms with van der Waals surface area (Å²) < 4.78 is 32.3.